The minimum Gasteiger partial charge on any atom is -0.492 e. The molecule has 2 heteroatoms. The standard InChI is InChI=1S/C12H16OS/c1-3-12(14-2)8-10-6-4-5-7-11(10)13-9-12/h4-7H,3,8-9H2,1-2H3. The van der Waals surface area contributed by atoms with Crippen molar-refractivity contribution in [3.63, 3.8) is 0 Å². The van der Waals surface area contributed by atoms with Crippen LogP contribution in [0.5, 0.6) is 5.75 Å². The number of fused-ring (bicyclic) bond motifs is 1. The van der Waals surface area contributed by atoms with Crippen molar-refractivity contribution >= 4 is 11.8 Å². The van der Waals surface area contributed by atoms with Gasteiger partial charge in [-0.1, -0.05) is 25.1 Å². The summed E-state index contributed by atoms with van der Waals surface area (Å²) in [7, 11) is 0. The molecule has 76 valence electrons. The van der Waals surface area contributed by atoms with Gasteiger partial charge in [-0.25, -0.2) is 0 Å². The lowest BCUT2D eigenvalue weighted by molar-refractivity contribution is 0.240. The van der Waals surface area contributed by atoms with Gasteiger partial charge in [0.05, 0.1) is 4.75 Å². The summed E-state index contributed by atoms with van der Waals surface area (Å²) in [5, 5.41) is 0. The average Bonchev–Trinajstić information content (AvgIpc) is 2.28. The smallest absolute Gasteiger partial charge is 0.122 e. The second-order valence-electron chi connectivity index (χ2n) is 3.81. The summed E-state index contributed by atoms with van der Waals surface area (Å²) in [6, 6.07) is 8.37. The van der Waals surface area contributed by atoms with Crippen molar-refractivity contribution in [1.29, 1.82) is 0 Å². The number of thioether (sulfide) groups is 1. The van der Waals surface area contributed by atoms with Gasteiger partial charge in [0.15, 0.2) is 0 Å². The van der Waals surface area contributed by atoms with Gasteiger partial charge in [0.25, 0.3) is 0 Å². The molecule has 0 saturated carbocycles. The number of hydrogen-bond donors (Lipinski definition) is 0. The van der Waals surface area contributed by atoms with E-state index in [-0.39, 0.29) is 0 Å². The highest BCUT2D eigenvalue weighted by Gasteiger charge is 2.33. The predicted octanol–water partition coefficient (Wildman–Crippen LogP) is 3.13. The van der Waals surface area contributed by atoms with Crippen LogP contribution in [0.15, 0.2) is 24.3 Å². The van der Waals surface area contributed by atoms with E-state index >= 15 is 0 Å². The summed E-state index contributed by atoms with van der Waals surface area (Å²) in [5.74, 6) is 1.07. The van der Waals surface area contributed by atoms with Gasteiger partial charge < -0.3 is 4.74 Å². The summed E-state index contributed by atoms with van der Waals surface area (Å²) in [4.78, 5) is 0. The van der Waals surface area contributed by atoms with E-state index in [0.717, 1.165) is 18.8 Å². The lowest BCUT2D eigenvalue weighted by Gasteiger charge is -2.35. The first-order valence-electron chi connectivity index (χ1n) is 5.05. The van der Waals surface area contributed by atoms with Crippen LogP contribution in [0.4, 0.5) is 0 Å². The van der Waals surface area contributed by atoms with Gasteiger partial charge in [0.2, 0.25) is 0 Å². The maximum atomic E-state index is 5.80. The molecule has 0 bridgehead atoms. The third-order valence-electron chi connectivity index (χ3n) is 3.05. The Morgan fingerprint density at radius 2 is 2.21 bits per heavy atom. The first kappa shape index (κ1) is 9.91. The SMILES string of the molecule is CCC1(SC)COc2ccccc2C1. The maximum absolute atomic E-state index is 5.80. The van der Waals surface area contributed by atoms with Gasteiger partial charge in [0, 0.05) is 0 Å². The van der Waals surface area contributed by atoms with Crippen LogP contribution in [0.3, 0.4) is 0 Å². The molecular formula is C12H16OS. The molecule has 1 unspecified atom stereocenters. The van der Waals surface area contributed by atoms with Crippen LogP contribution in [-0.4, -0.2) is 17.6 Å². The molecule has 0 N–H and O–H groups in total. The Labute approximate surface area is 89.9 Å². The number of hydrogen-bond acceptors (Lipinski definition) is 2. The first-order chi connectivity index (χ1) is 6.79. The molecule has 0 saturated heterocycles. The summed E-state index contributed by atoms with van der Waals surface area (Å²) < 4.78 is 6.10. The fourth-order valence-corrected chi connectivity index (χ4v) is 2.67. The largest absolute Gasteiger partial charge is 0.492 e. The van der Waals surface area contributed by atoms with Gasteiger partial charge >= 0.3 is 0 Å². The minimum absolute atomic E-state index is 0.300. The van der Waals surface area contributed by atoms with Crippen molar-refractivity contribution in [3.8, 4) is 5.75 Å². The molecule has 1 aliphatic rings. The van der Waals surface area contributed by atoms with Crippen LogP contribution in [0, 0.1) is 0 Å². The van der Waals surface area contributed by atoms with Crippen molar-refractivity contribution in [2.24, 2.45) is 0 Å². The van der Waals surface area contributed by atoms with Gasteiger partial charge in [-0.15, -0.1) is 0 Å². The van der Waals surface area contributed by atoms with Crippen LogP contribution in [0.25, 0.3) is 0 Å². The van der Waals surface area contributed by atoms with Crippen LogP contribution in [0.1, 0.15) is 18.9 Å². The number of ether oxygens (including phenoxy) is 1. The summed E-state index contributed by atoms with van der Waals surface area (Å²) >= 11 is 1.93. The topological polar surface area (TPSA) is 9.23 Å². The van der Waals surface area contributed by atoms with E-state index in [1.54, 1.807) is 0 Å². The normalized spacial score (nSPS) is 25.3. The number of rotatable bonds is 2. The van der Waals surface area contributed by atoms with Crippen molar-refractivity contribution in [2.45, 2.75) is 24.5 Å². The lowest BCUT2D eigenvalue weighted by Crippen LogP contribution is -2.37. The monoisotopic (exact) mass is 208 g/mol. The van der Waals surface area contributed by atoms with Crippen LogP contribution in [0.2, 0.25) is 0 Å². The summed E-state index contributed by atoms with van der Waals surface area (Å²) in [6.07, 6.45) is 4.49. The van der Waals surface area contributed by atoms with Gasteiger partial charge in [-0.2, -0.15) is 11.8 Å². The highest BCUT2D eigenvalue weighted by atomic mass is 32.2. The zero-order valence-electron chi connectivity index (χ0n) is 8.75. The third kappa shape index (κ3) is 1.63. The van der Waals surface area contributed by atoms with E-state index in [1.165, 1.54) is 12.0 Å². The molecule has 1 atom stereocenters. The zero-order valence-corrected chi connectivity index (χ0v) is 9.56. The fraction of sp³-hybridized carbons (Fsp3) is 0.500. The fourth-order valence-electron chi connectivity index (χ4n) is 1.90. The summed E-state index contributed by atoms with van der Waals surface area (Å²) in [6.45, 7) is 3.09. The molecule has 0 aromatic heterocycles. The Kier molecular flexibility index (Phi) is 2.73. The zero-order chi connectivity index (χ0) is 10.0. The molecule has 1 aromatic carbocycles. The van der Waals surface area contributed by atoms with E-state index in [1.807, 2.05) is 17.8 Å². The van der Waals surface area contributed by atoms with E-state index in [2.05, 4.69) is 31.4 Å². The highest BCUT2D eigenvalue weighted by Crippen LogP contribution is 2.38. The quantitative estimate of drug-likeness (QED) is 0.738. The molecule has 2 rings (SSSR count). The molecule has 0 amide bonds. The molecule has 0 fully saturated rings. The molecule has 1 aromatic rings. The molecule has 14 heavy (non-hydrogen) atoms. The molecule has 0 spiro atoms. The van der Waals surface area contributed by atoms with Crippen molar-refractivity contribution in [2.75, 3.05) is 12.9 Å². The van der Waals surface area contributed by atoms with Crippen molar-refractivity contribution in [1.82, 2.24) is 0 Å². The Balaban J connectivity index is 2.28. The van der Waals surface area contributed by atoms with Crippen LogP contribution < -0.4 is 4.74 Å². The molecule has 1 heterocycles. The Hall–Kier alpha value is -0.630. The highest BCUT2D eigenvalue weighted by molar-refractivity contribution is 8.00. The van der Waals surface area contributed by atoms with Crippen LogP contribution in [-0.2, 0) is 6.42 Å². The molecule has 1 nitrogen and oxygen atoms in total. The molecule has 0 radical (unpaired) electrons. The Morgan fingerprint density at radius 3 is 2.93 bits per heavy atom. The third-order valence-corrected chi connectivity index (χ3v) is 4.47. The number of benzene rings is 1. The first-order valence-corrected chi connectivity index (χ1v) is 6.28. The molecular weight excluding hydrogens is 192 g/mol. The Morgan fingerprint density at radius 1 is 1.43 bits per heavy atom. The average molecular weight is 208 g/mol. The molecule has 0 aliphatic carbocycles. The summed E-state index contributed by atoms with van der Waals surface area (Å²) in [5.41, 5.74) is 1.36. The van der Waals surface area contributed by atoms with E-state index in [9.17, 15) is 0 Å². The Bertz CT molecular complexity index is 318. The second kappa shape index (κ2) is 3.85. The van der Waals surface area contributed by atoms with Gasteiger partial charge in [-0.05, 0) is 30.7 Å². The van der Waals surface area contributed by atoms with E-state index in [4.69, 9.17) is 4.74 Å². The minimum atomic E-state index is 0.300. The second-order valence-corrected chi connectivity index (χ2v) is 5.09. The van der Waals surface area contributed by atoms with Crippen molar-refractivity contribution in [3.05, 3.63) is 29.8 Å². The van der Waals surface area contributed by atoms with Gasteiger partial charge in [0.1, 0.15) is 12.4 Å². The van der Waals surface area contributed by atoms with E-state index in [0.29, 0.717) is 4.75 Å². The van der Waals surface area contributed by atoms with Crippen molar-refractivity contribution < 1.29 is 4.74 Å². The lowest BCUT2D eigenvalue weighted by atomic mass is 9.94. The van der Waals surface area contributed by atoms with Crippen LogP contribution >= 0.6 is 11.8 Å². The van der Waals surface area contributed by atoms with Gasteiger partial charge in [-0.3, -0.25) is 0 Å². The van der Waals surface area contributed by atoms with E-state index < -0.39 is 0 Å². The molecule has 1 aliphatic heterocycles. The number of para-hydroxylation sites is 1. The maximum Gasteiger partial charge on any atom is 0.122 e. The predicted molar refractivity (Wildman–Crippen MR) is 62.2 cm³/mol.